The molecule has 3 atom stereocenters. The molecule has 0 aromatic heterocycles. The Bertz CT molecular complexity index is 625. The summed E-state index contributed by atoms with van der Waals surface area (Å²) in [6.45, 7) is 2.75. The van der Waals surface area contributed by atoms with Gasteiger partial charge in [0.25, 0.3) is 0 Å². The summed E-state index contributed by atoms with van der Waals surface area (Å²) in [6, 6.07) is 10.1. The first-order valence-electron chi connectivity index (χ1n) is 10.1. The SMILES string of the molecule is COC(=O)CCC/C=C\CC1C(COCc2ccccc2)CCC1OC(C)=O. The van der Waals surface area contributed by atoms with E-state index in [1.165, 1.54) is 19.6 Å². The van der Waals surface area contributed by atoms with Crippen molar-refractivity contribution in [3.63, 3.8) is 0 Å². The molecule has 0 saturated heterocycles. The lowest BCUT2D eigenvalue weighted by atomic mass is 9.91. The molecule has 0 amide bonds. The Morgan fingerprint density at radius 3 is 2.64 bits per heavy atom. The average Bonchev–Trinajstić information content (AvgIpc) is 3.06. The summed E-state index contributed by atoms with van der Waals surface area (Å²) in [4.78, 5) is 22.6. The lowest BCUT2D eigenvalue weighted by molar-refractivity contribution is -0.148. The van der Waals surface area contributed by atoms with E-state index in [1.54, 1.807) is 0 Å². The van der Waals surface area contributed by atoms with Crippen LogP contribution in [0.4, 0.5) is 0 Å². The summed E-state index contributed by atoms with van der Waals surface area (Å²) < 4.78 is 16.2. The summed E-state index contributed by atoms with van der Waals surface area (Å²) in [5, 5.41) is 0. The largest absolute Gasteiger partial charge is 0.469 e. The molecule has 3 unspecified atom stereocenters. The summed E-state index contributed by atoms with van der Waals surface area (Å²) in [7, 11) is 1.41. The van der Waals surface area contributed by atoms with Crippen LogP contribution in [0, 0.1) is 11.8 Å². The summed E-state index contributed by atoms with van der Waals surface area (Å²) >= 11 is 0. The minimum absolute atomic E-state index is 0.0393. The van der Waals surface area contributed by atoms with E-state index >= 15 is 0 Å². The van der Waals surface area contributed by atoms with Crippen LogP contribution >= 0.6 is 0 Å². The molecule has 5 nitrogen and oxygen atoms in total. The van der Waals surface area contributed by atoms with Crippen LogP contribution < -0.4 is 0 Å². The first-order chi connectivity index (χ1) is 13.6. The molecule has 1 saturated carbocycles. The molecular weight excluding hydrogens is 356 g/mol. The quantitative estimate of drug-likeness (QED) is 0.318. The molecule has 1 aromatic rings. The first kappa shape index (κ1) is 22.2. The van der Waals surface area contributed by atoms with Gasteiger partial charge in [-0.25, -0.2) is 0 Å². The molecule has 154 valence electrons. The molecule has 0 radical (unpaired) electrons. The number of allylic oxidation sites excluding steroid dienone is 2. The van der Waals surface area contributed by atoms with Crippen molar-refractivity contribution in [2.24, 2.45) is 11.8 Å². The third-order valence-corrected chi connectivity index (χ3v) is 5.22. The van der Waals surface area contributed by atoms with Gasteiger partial charge in [-0.1, -0.05) is 42.5 Å². The van der Waals surface area contributed by atoms with Gasteiger partial charge in [0.15, 0.2) is 0 Å². The van der Waals surface area contributed by atoms with Crippen LogP contribution in [0.1, 0.15) is 51.0 Å². The van der Waals surface area contributed by atoms with Crippen LogP contribution in [0.3, 0.4) is 0 Å². The molecule has 1 aliphatic carbocycles. The highest BCUT2D eigenvalue weighted by Gasteiger charge is 2.37. The fraction of sp³-hybridized carbons (Fsp3) is 0.565. The number of carbonyl (C=O) groups is 2. The Balaban J connectivity index is 1.81. The van der Waals surface area contributed by atoms with E-state index in [4.69, 9.17) is 9.47 Å². The fourth-order valence-electron chi connectivity index (χ4n) is 3.76. The highest BCUT2D eigenvalue weighted by atomic mass is 16.5. The molecule has 5 heteroatoms. The normalized spacial score (nSPS) is 21.7. The predicted molar refractivity (Wildman–Crippen MR) is 107 cm³/mol. The number of hydrogen-bond acceptors (Lipinski definition) is 5. The van der Waals surface area contributed by atoms with Crippen molar-refractivity contribution in [2.45, 2.75) is 58.2 Å². The number of methoxy groups -OCH3 is 1. The second-order valence-corrected chi connectivity index (χ2v) is 7.33. The van der Waals surface area contributed by atoms with Gasteiger partial charge in [0.05, 0.1) is 20.3 Å². The highest BCUT2D eigenvalue weighted by Crippen LogP contribution is 2.37. The Morgan fingerprint density at radius 1 is 1.14 bits per heavy atom. The Labute approximate surface area is 168 Å². The van der Waals surface area contributed by atoms with Gasteiger partial charge in [0, 0.05) is 19.3 Å². The first-order valence-corrected chi connectivity index (χ1v) is 10.1. The number of ether oxygens (including phenoxy) is 3. The summed E-state index contributed by atoms with van der Waals surface area (Å²) in [6.07, 6.45) is 9.03. The van der Waals surface area contributed by atoms with Crippen LogP contribution in [0.25, 0.3) is 0 Å². The van der Waals surface area contributed by atoms with Crippen LogP contribution in [0.15, 0.2) is 42.5 Å². The number of benzene rings is 1. The maximum absolute atomic E-state index is 11.4. The van der Waals surface area contributed by atoms with E-state index in [2.05, 4.69) is 29.0 Å². The van der Waals surface area contributed by atoms with Crippen molar-refractivity contribution in [2.75, 3.05) is 13.7 Å². The van der Waals surface area contributed by atoms with E-state index in [1.807, 2.05) is 18.2 Å². The number of hydrogen-bond donors (Lipinski definition) is 0. The molecular formula is C23H32O5. The molecule has 1 aromatic carbocycles. The maximum Gasteiger partial charge on any atom is 0.305 e. The van der Waals surface area contributed by atoms with Crippen molar-refractivity contribution >= 4 is 11.9 Å². The van der Waals surface area contributed by atoms with E-state index in [0.717, 1.165) is 32.1 Å². The molecule has 1 aliphatic rings. The smallest absolute Gasteiger partial charge is 0.305 e. The molecule has 2 rings (SSSR count). The summed E-state index contributed by atoms with van der Waals surface area (Å²) in [5.74, 6) is 0.266. The molecule has 1 fully saturated rings. The fourth-order valence-corrected chi connectivity index (χ4v) is 3.76. The van der Waals surface area contributed by atoms with Gasteiger partial charge in [-0.3, -0.25) is 9.59 Å². The minimum Gasteiger partial charge on any atom is -0.469 e. The number of esters is 2. The second-order valence-electron chi connectivity index (χ2n) is 7.33. The molecule has 0 aliphatic heterocycles. The van der Waals surface area contributed by atoms with E-state index in [9.17, 15) is 9.59 Å². The number of unbranched alkanes of at least 4 members (excludes halogenated alkanes) is 1. The van der Waals surface area contributed by atoms with Crippen LogP contribution in [0.5, 0.6) is 0 Å². The van der Waals surface area contributed by atoms with Gasteiger partial charge in [-0.2, -0.15) is 0 Å². The standard InChI is InChI=1S/C23H32O5/c1-18(24)28-22-15-14-20(17-27-16-19-10-6-5-7-11-19)21(22)12-8-3-4-9-13-23(25)26-2/h3,5-8,10-11,20-22H,4,9,12-17H2,1-2H3/b8-3-. The third kappa shape index (κ3) is 7.85. The van der Waals surface area contributed by atoms with Crippen molar-refractivity contribution in [3.8, 4) is 0 Å². The van der Waals surface area contributed by atoms with Crippen LogP contribution in [0.2, 0.25) is 0 Å². The molecule has 0 bridgehead atoms. The zero-order chi connectivity index (χ0) is 20.2. The predicted octanol–water partition coefficient (Wildman–Crippen LogP) is 4.45. The average molecular weight is 389 g/mol. The van der Waals surface area contributed by atoms with Gasteiger partial charge in [0.1, 0.15) is 6.10 Å². The Hall–Kier alpha value is -2.14. The maximum atomic E-state index is 11.4. The van der Waals surface area contributed by atoms with Crippen LogP contribution in [-0.2, 0) is 30.4 Å². The van der Waals surface area contributed by atoms with Crippen molar-refractivity contribution in [3.05, 3.63) is 48.0 Å². The van der Waals surface area contributed by atoms with E-state index in [0.29, 0.717) is 25.6 Å². The monoisotopic (exact) mass is 388 g/mol. The van der Waals surface area contributed by atoms with Gasteiger partial charge in [0.2, 0.25) is 0 Å². The van der Waals surface area contributed by atoms with Crippen molar-refractivity contribution < 1.29 is 23.8 Å². The Morgan fingerprint density at radius 2 is 1.93 bits per heavy atom. The van der Waals surface area contributed by atoms with Gasteiger partial charge in [-0.05, 0) is 43.6 Å². The number of carbonyl (C=O) groups excluding carboxylic acids is 2. The van der Waals surface area contributed by atoms with Crippen molar-refractivity contribution in [1.29, 1.82) is 0 Å². The minimum atomic E-state index is -0.220. The van der Waals surface area contributed by atoms with E-state index in [-0.39, 0.29) is 24.0 Å². The van der Waals surface area contributed by atoms with Crippen LogP contribution in [-0.4, -0.2) is 31.8 Å². The second kappa shape index (κ2) is 12.3. The zero-order valence-corrected chi connectivity index (χ0v) is 17.0. The Kier molecular flexibility index (Phi) is 9.77. The molecule has 0 spiro atoms. The van der Waals surface area contributed by atoms with Gasteiger partial charge >= 0.3 is 11.9 Å². The lowest BCUT2D eigenvalue weighted by Crippen LogP contribution is -2.26. The molecule has 0 heterocycles. The lowest BCUT2D eigenvalue weighted by Gasteiger charge is -2.23. The number of rotatable bonds is 11. The molecule has 28 heavy (non-hydrogen) atoms. The van der Waals surface area contributed by atoms with Gasteiger partial charge < -0.3 is 14.2 Å². The van der Waals surface area contributed by atoms with E-state index < -0.39 is 0 Å². The highest BCUT2D eigenvalue weighted by molar-refractivity contribution is 5.69. The van der Waals surface area contributed by atoms with Crippen molar-refractivity contribution in [1.82, 2.24) is 0 Å². The van der Waals surface area contributed by atoms with Gasteiger partial charge in [-0.15, -0.1) is 0 Å². The zero-order valence-electron chi connectivity index (χ0n) is 17.0. The third-order valence-electron chi connectivity index (χ3n) is 5.22. The topological polar surface area (TPSA) is 61.8 Å². The molecule has 0 N–H and O–H groups in total. The summed E-state index contributed by atoms with van der Waals surface area (Å²) in [5.41, 5.74) is 1.17.